The van der Waals surface area contributed by atoms with Crippen LogP contribution in [0, 0.1) is 0 Å². The van der Waals surface area contributed by atoms with Crippen LogP contribution in [0.4, 0.5) is 0 Å². The van der Waals surface area contributed by atoms with Gasteiger partial charge in [0.25, 0.3) is 0 Å². The van der Waals surface area contributed by atoms with Crippen LogP contribution in [0.5, 0.6) is 0 Å². The van der Waals surface area contributed by atoms with Gasteiger partial charge in [0.1, 0.15) is 6.10 Å². The van der Waals surface area contributed by atoms with Gasteiger partial charge in [0, 0.05) is 6.42 Å². The van der Waals surface area contributed by atoms with E-state index in [2.05, 4.69) is 0 Å². The molecule has 0 aromatic heterocycles. The molecule has 4 heteroatoms. The van der Waals surface area contributed by atoms with Crippen LogP contribution >= 0.6 is 0 Å². The van der Waals surface area contributed by atoms with E-state index in [0.717, 1.165) is 0 Å². The summed E-state index contributed by atoms with van der Waals surface area (Å²) < 4.78 is 4.81. The molecule has 60 valence electrons. The van der Waals surface area contributed by atoms with E-state index in [1.54, 1.807) is 6.92 Å². The predicted molar refractivity (Wildman–Crippen MR) is 33.2 cm³/mol. The molecule has 0 aromatic carbocycles. The molecule has 0 amide bonds. The van der Waals surface area contributed by atoms with Gasteiger partial charge in [-0.25, -0.2) is 0 Å². The molecule has 0 aliphatic carbocycles. The third-order valence-electron chi connectivity index (χ3n) is 1.69. The first-order valence-corrected chi connectivity index (χ1v) is 3.31. The van der Waals surface area contributed by atoms with Crippen molar-refractivity contribution in [3.63, 3.8) is 0 Å². The first kappa shape index (κ1) is 7.94. The van der Waals surface area contributed by atoms with Gasteiger partial charge in [-0.15, -0.1) is 0 Å². The quantitative estimate of drug-likeness (QED) is 0.405. The molecule has 1 fully saturated rings. The highest BCUT2D eigenvalue weighted by atomic mass is 16.6. The van der Waals surface area contributed by atoms with Gasteiger partial charge in [0.15, 0.2) is 6.29 Å². The third kappa shape index (κ3) is 1.46. The number of rotatable bonds is 0. The maximum Gasteiger partial charge on any atom is 0.157 e. The van der Waals surface area contributed by atoms with Crippen LogP contribution in [-0.4, -0.2) is 39.9 Å². The van der Waals surface area contributed by atoms with Crippen LogP contribution < -0.4 is 0 Å². The Hall–Kier alpha value is -0.160. The standard InChI is InChI=1S/C6H12O4/c1-3-6(9)4(7)2-5(8)10-3/h3-9H,2H2,1H3/t3-,4-,5+,6-/m1/s1. The Morgan fingerprint density at radius 1 is 1.30 bits per heavy atom. The Morgan fingerprint density at radius 2 is 1.90 bits per heavy atom. The van der Waals surface area contributed by atoms with Crippen molar-refractivity contribution in [2.24, 2.45) is 0 Å². The molecule has 0 spiro atoms. The number of aliphatic hydroxyl groups excluding tert-OH is 3. The monoisotopic (exact) mass is 148 g/mol. The molecule has 1 rings (SSSR count). The van der Waals surface area contributed by atoms with Gasteiger partial charge in [-0.3, -0.25) is 0 Å². The first-order chi connectivity index (χ1) is 4.61. The molecule has 1 aliphatic heterocycles. The van der Waals surface area contributed by atoms with Crippen molar-refractivity contribution >= 4 is 0 Å². The molecule has 4 atom stereocenters. The molecule has 1 heterocycles. The molecular weight excluding hydrogens is 136 g/mol. The van der Waals surface area contributed by atoms with Gasteiger partial charge >= 0.3 is 0 Å². The summed E-state index contributed by atoms with van der Waals surface area (Å²) in [5.41, 5.74) is 0. The van der Waals surface area contributed by atoms with E-state index >= 15 is 0 Å². The van der Waals surface area contributed by atoms with Crippen molar-refractivity contribution in [2.75, 3.05) is 0 Å². The number of ether oxygens (including phenoxy) is 1. The second kappa shape index (κ2) is 2.84. The molecule has 1 saturated heterocycles. The van der Waals surface area contributed by atoms with Gasteiger partial charge < -0.3 is 20.1 Å². The summed E-state index contributed by atoms with van der Waals surface area (Å²) in [6, 6.07) is 0. The molecule has 0 bridgehead atoms. The average molecular weight is 148 g/mol. The Kier molecular flexibility index (Phi) is 2.25. The average Bonchev–Trinajstić information content (AvgIpc) is 1.82. The maximum absolute atomic E-state index is 9.08. The van der Waals surface area contributed by atoms with E-state index in [1.807, 2.05) is 0 Å². The maximum atomic E-state index is 9.08. The van der Waals surface area contributed by atoms with Crippen molar-refractivity contribution in [3.8, 4) is 0 Å². The minimum absolute atomic E-state index is 0.0888. The fourth-order valence-electron chi connectivity index (χ4n) is 1.04. The molecular formula is C6H12O4. The lowest BCUT2D eigenvalue weighted by Gasteiger charge is -2.32. The predicted octanol–water partition coefficient (Wildman–Crippen LogP) is -1.16. The zero-order chi connectivity index (χ0) is 7.72. The van der Waals surface area contributed by atoms with Crippen molar-refractivity contribution in [3.05, 3.63) is 0 Å². The minimum Gasteiger partial charge on any atom is -0.390 e. The minimum atomic E-state index is -0.937. The van der Waals surface area contributed by atoms with E-state index in [9.17, 15) is 0 Å². The summed E-state index contributed by atoms with van der Waals surface area (Å²) in [5, 5.41) is 27.0. The zero-order valence-corrected chi connectivity index (χ0v) is 5.77. The van der Waals surface area contributed by atoms with E-state index in [0.29, 0.717) is 0 Å². The first-order valence-electron chi connectivity index (χ1n) is 3.31. The highest BCUT2D eigenvalue weighted by Gasteiger charge is 2.32. The largest absolute Gasteiger partial charge is 0.390 e. The van der Waals surface area contributed by atoms with Crippen molar-refractivity contribution < 1.29 is 20.1 Å². The molecule has 0 aromatic rings. The Bertz CT molecular complexity index is 104. The lowest BCUT2D eigenvalue weighted by Crippen LogP contribution is -2.46. The summed E-state index contributed by atoms with van der Waals surface area (Å²) in [7, 11) is 0. The summed E-state index contributed by atoms with van der Waals surface area (Å²) in [4.78, 5) is 0. The summed E-state index contributed by atoms with van der Waals surface area (Å²) in [6.45, 7) is 1.61. The number of hydrogen-bond acceptors (Lipinski definition) is 4. The van der Waals surface area contributed by atoms with Gasteiger partial charge in [-0.05, 0) is 6.92 Å². The SMILES string of the molecule is C[C@H]1O[C@H](O)C[C@@H](O)[C@@H]1O. The molecule has 0 unspecified atom stereocenters. The van der Waals surface area contributed by atoms with Crippen LogP contribution in [0.25, 0.3) is 0 Å². The number of hydrogen-bond donors (Lipinski definition) is 3. The van der Waals surface area contributed by atoms with Crippen LogP contribution in [0.15, 0.2) is 0 Å². The zero-order valence-electron chi connectivity index (χ0n) is 5.77. The van der Waals surface area contributed by atoms with Crippen molar-refractivity contribution in [1.29, 1.82) is 0 Å². The topological polar surface area (TPSA) is 69.9 Å². The highest BCUT2D eigenvalue weighted by Crippen LogP contribution is 2.17. The Labute approximate surface area is 59.1 Å². The molecule has 0 radical (unpaired) electrons. The Morgan fingerprint density at radius 3 is 2.40 bits per heavy atom. The summed E-state index contributed by atoms with van der Waals surface area (Å²) in [6.07, 6.45) is -3.07. The van der Waals surface area contributed by atoms with E-state index in [-0.39, 0.29) is 6.42 Å². The highest BCUT2D eigenvalue weighted by molar-refractivity contribution is 4.78. The van der Waals surface area contributed by atoms with Crippen molar-refractivity contribution in [1.82, 2.24) is 0 Å². The van der Waals surface area contributed by atoms with Crippen LogP contribution in [0.2, 0.25) is 0 Å². The van der Waals surface area contributed by atoms with Gasteiger partial charge in [0.2, 0.25) is 0 Å². The summed E-state index contributed by atoms with van der Waals surface area (Å²) >= 11 is 0. The van der Waals surface area contributed by atoms with Gasteiger partial charge in [-0.2, -0.15) is 0 Å². The van der Waals surface area contributed by atoms with Crippen LogP contribution in [0.1, 0.15) is 13.3 Å². The number of aliphatic hydroxyl groups is 3. The normalized spacial score (nSPS) is 49.2. The molecule has 0 saturated carbocycles. The fraction of sp³-hybridized carbons (Fsp3) is 1.00. The molecule has 3 N–H and O–H groups in total. The smallest absolute Gasteiger partial charge is 0.157 e. The van der Waals surface area contributed by atoms with Gasteiger partial charge in [0.05, 0.1) is 12.2 Å². The van der Waals surface area contributed by atoms with Crippen molar-refractivity contribution in [2.45, 2.75) is 37.9 Å². The third-order valence-corrected chi connectivity index (χ3v) is 1.69. The second-order valence-electron chi connectivity index (χ2n) is 2.59. The molecule has 1 aliphatic rings. The van der Waals surface area contributed by atoms with Crippen LogP contribution in [-0.2, 0) is 4.74 Å². The van der Waals surface area contributed by atoms with Crippen LogP contribution in [0.3, 0.4) is 0 Å². The molecule has 4 nitrogen and oxygen atoms in total. The summed E-state index contributed by atoms with van der Waals surface area (Å²) in [5.74, 6) is 0. The van der Waals surface area contributed by atoms with E-state index in [1.165, 1.54) is 0 Å². The fourth-order valence-corrected chi connectivity index (χ4v) is 1.04. The second-order valence-corrected chi connectivity index (χ2v) is 2.59. The van der Waals surface area contributed by atoms with E-state index < -0.39 is 24.6 Å². The molecule has 10 heavy (non-hydrogen) atoms. The lowest BCUT2D eigenvalue weighted by molar-refractivity contribution is -0.226. The lowest BCUT2D eigenvalue weighted by atomic mass is 10.0. The van der Waals surface area contributed by atoms with Gasteiger partial charge in [-0.1, -0.05) is 0 Å². The Balaban J connectivity index is 2.49. The van der Waals surface area contributed by atoms with E-state index in [4.69, 9.17) is 20.1 Å².